The molecule has 0 aliphatic carbocycles. The van der Waals surface area contributed by atoms with Crippen molar-refractivity contribution in [1.82, 2.24) is 0 Å². The zero-order valence-corrected chi connectivity index (χ0v) is 17.4. The Morgan fingerprint density at radius 1 is 0.963 bits per heavy atom. The number of thiophene rings is 1. The summed E-state index contributed by atoms with van der Waals surface area (Å²) in [5.74, 6) is 0. The van der Waals surface area contributed by atoms with Gasteiger partial charge in [-0.05, 0) is 60.7 Å². The van der Waals surface area contributed by atoms with E-state index in [1.807, 2.05) is 30.3 Å². The molecule has 0 amide bonds. The van der Waals surface area contributed by atoms with Crippen molar-refractivity contribution in [3.8, 4) is 0 Å². The van der Waals surface area contributed by atoms with Crippen molar-refractivity contribution in [2.75, 3.05) is 5.32 Å². The number of para-hydroxylation sites is 1. The Hall–Kier alpha value is -2.20. The second kappa shape index (κ2) is 7.43. The molecule has 0 fully saturated rings. The van der Waals surface area contributed by atoms with Gasteiger partial charge in [-0.2, -0.15) is 0 Å². The second-order valence-electron chi connectivity index (χ2n) is 6.52. The third-order valence-electron chi connectivity index (χ3n) is 4.69. The molecule has 1 N–H and O–H groups in total. The van der Waals surface area contributed by atoms with E-state index in [0.29, 0.717) is 5.02 Å². The predicted molar refractivity (Wildman–Crippen MR) is 123 cm³/mol. The molecular formula is C23H18ClNS2. The number of thiocarbonyl (C=S) groups is 1. The van der Waals surface area contributed by atoms with Gasteiger partial charge in [-0.15, -0.1) is 11.3 Å². The lowest BCUT2D eigenvalue weighted by molar-refractivity contribution is 1.43. The molecule has 1 heterocycles. The van der Waals surface area contributed by atoms with Gasteiger partial charge in [-0.3, -0.25) is 0 Å². The van der Waals surface area contributed by atoms with Gasteiger partial charge in [-0.25, -0.2) is 0 Å². The van der Waals surface area contributed by atoms with Crippen LogP contribution in [0, 0.1) is 13.8 Å². The molecule has 4 heteroatoms. The molecular weight excluding hydrogens is 390 g/mol. The fourth-order valence-corrected chi connectivity index (χ4v) is 5.11. The first-order valence-corrected chi connectivity index (χ1v) is 10.3. The second-order valence-corrected chi connectivity index (χ2v) is 8.38. The van der Waals surface area contributed by atoms with E-state index in [-0.39, 0.29) is 0 Å². The number of rotatable bonds is 4. The number of nitrogens with one attached hydrogen (secondary N) is 1. The van der Waals surface area contributed by atoms with Gasteiger partial charge in [-0.1, -0.05) is 60.2 Å². The van der Waals surface area contributed by atoms with Crippen LogP contribution in [0.3, 0.4) is 0 Å². The van der Waals surface area contributed by atoms with Crippen molar-refractivity contribution in [3.63, 3.8) is 0 Å². The van der Waals surface area contributed by atoms with Crippen molar-refractivity contribution in [1.29, 1.82) is 0 Å². The molecule has 4 rings (SSSR count). The standard InChI is InChI=1S/C23H18ClNS2/c1-14-7-3-5-9-20(14)25-16-11-12-18(19(24)13-16)22(26)23-15(2)17-8-4-6-10-21(17)27-23/h3-13,25H,1-2H3. The lowest BCUT2D eigenvalue weighted by Gasteiger charge is -2.12. The average molecular weight is 408 g/mol. The molecule has 3 aromatic carbocycles. The van der Waals surface area contributed by atoms with E-state index in [2.05, 4.69) is 55.6 Å². The first-order valence-electron chi connectivity index (χ1n) is 8.69. The van der Waals surface area contributed by atoms with Crippen LogP contribution < -0.4 is 5.32 Å². The van der Waals surface area contributed by atoms with Crippen LogP contribution in [0.1, 0.15) is 21.6 Å². The summed E-state index contributed by atoms with van der Waals surface area (Å²) in [7, 11) is 0. The first-order chi connectivity index (χ1) is 13.0. The lowest BCUT2D eigenvalue weighted by atomic mass is 10.1. The molecule has 1 aromatic heterocycles. The van der Waals surface area contributed by atoms with E-state index in [1.165, 1.54) is 21.2 Å². The van der Waals surface area contributed by atoms with Crippen molar-refractivity contribution >= 4 is 61.5 Å². The molecule has 0 aliphatic rings. The molecule has 0 atom stereocenters. The van der Waals surface area contributed by atoms with Crippen molar-refractivity contribution < 1.29 is 0 Å². The van der Waals surface area contributed by atoms with E-state index in [1.54, 1.807) is 11.3 Å². The molecule has 0 aliphatic heterocycles. The molecule has 27 heavy (non-hydrogen) atoms. The van der Waals surface area contributed by atoms with E-state index in [9.17, 15) is 0 Å². The number of halogens is 1. The van der Waals surface area contributed by atoms with Crippen molar-refractivity contribution in [3.05, 3.63) is 93.3 Å². The molecule has 0 saturated carbocycles. The summed E-state index contributed by atoms with van der Waals surface area (Å²) in [6, 6.07) is 22.6. The molecule has 4 aromatic rings. The topological polar surface area (TPSA) is 12.0 Å². The maximum atomic E-state index is 6.61. The van der Waals surface area contributed by atoms with Crippen LogP contribution in [0.4, 0.5) is 11.4 Å². The highest BCUT2D eigenvalue weighted by molar-refractivity contribution is 7.81. The first kappa shape index (κ1) is 18.2. The van der Waals surface area contributed by atoms with Gasteiger partial charge in [0.25, 0.3) is 0 Å². The van der Waals surface area contributed by atoms with Gasteiger partial charge in [0.15, 0.2) is 0 Å². The number of fused-ring (bicyclic) bond motifs is 1. The monoisotopic (exact) mass is 407 g/mol. The van der Waals surface area contributed by atoms with Crippen LogP contribution >= 0.6 is 35.2 Å². The van der Waals surface area contributed by atoms with Gasteiger partial charge in [0.1, 0.15) is 0 Å². The summed E-state index contributed by atoms with van der Waals surface area (Å²) >= 11 is 14.1. The van der Waals surface area contributed by atoms with E-state index in [0.717, 1.165) is 26.7 Å². The van der Waals surface area contributed by atoms with Crippen molar-refractivity contribution in [2.45, 2.75) is 13.8 Å². The molecule has 134 valence electrons. The van der Waals surface area contributed by atoms with Crippen LogP contribution in [-0.2, 0) is 0 Å². The summed E-state index contributed by atoms with van der Waals surface area (Å²) in [6.45, 7) is 4.21. The number of benzene rings is 3. The lowest BCUT2D eigenvalue weighted by Crippen LogP contribution is -2.01. The van der Waals surface area contributed by atoms with Crippen LogP contribution in [0.15, 0.2) is 66.7 Å². The molecule has 0 spiro atoms. The third kappa shape index (κ3) is 3.51. The molecule has 0 unspecified atom stereocenters. The quantitative estimate of drug-likeness (QED) is 0.275. The Bertz CT molecular complexity index is 1160. The molecule has 1 nitrogen and oxygen atoms in total. The van der Waals surface area contributed by atoms with Crippen LogP contribution in [0.2, 0.25) is 5.02 Å². The minimum atomic E-state index is 0.662. The smallest absolute Gasteiger partial charge is 0.0639 e. The van der Waals surface area contributed by atoms with Crippen LogP contribution in [0.25, 0.3) is 10.1 Å². The van der Waals surface area contributed by atoms with E-state index >= 15 is 0 Å². The van der Waals surface area contributed by atoms with Gasteiger partial charge in [0, 0.05) is 26.5 Å². The summed E-state index contributed by atoms with van der Waals surface area (Å²) in [5.41, 5.74) is 5.34. The Morgan fingerprint density at radius 2 is 1.70 bits per heavy atom. The third-order valence-corrected chi connectivity index (χ3v) is 6.84. The highest BCUT2D eigenvalue weighted by Gasteiger charge is 2.16. The number of hydrogen-bond donors (Lipinski definition) is 1. The summed E-state index contributed by atoms with van der Waals surface area (Å²) in [5, 5.41) is 5.35. The molecule has 0 saturated heterocycles. The summed E-state index contributed by atoms with van der Waals surface area (Å²) < 4.78 is 1.25. The number of aryl methyl sites for hydroxylation is 2. The van der Waals surface area contributed by atoms with Gasteiger partial charge < -0.3 is 5.32 Å². The summed E-state index contributed by atoms with van der Waals surface area (Å²) in [6.07, 6.45) is 0. The average Bonchev–Trinajstić information content (AvgIpc) is 3.00. The maximum Gasteiger partial charge on any atom is 0.0639 e. The largest absolute Gasteiger partial charge is 0.355 e. The normalized spacial score (nSPS) is 10.9. The SMILES string of the molecule is Cc1ccccc1Nc1ccc(C(=S)c2sc3ccccc3c2C)c(Cl)c1. The molecule has 0 bridgehead atoms. The highest BCUT2D eigenvalue weighted by atomic mass is 35.5. The predicted octanol–water partition coefficient (Wildman–Crippen LogP) is 7.68. The Morgan fingerprint density at radius 3 is 2.44 bits per heavy atom. The zero-order chi connectivity index (χ0) is 19.0. The highest BCUT2D eigenvalue weighted by Crippen LogP contribution is 2.35. The number of hydrogen-bond acceptors (Lipinski definition) is 3. The van der Waals surface area contributed by atoms with Crippen LogP contribution in [-0.4, -0.2) is 4.86 Å². The minimum Gasteiger partial charge on any atom is -0.355 e. The fourth-order valence-electron chi connectivity index (χ4n) is 3.16. The number of anilines is 2. The minimum absolute atomic E-state index is 0.662. The fraction of sp³-hybridized carbons (Fsp3) is 0.0870. The van der Waals surface area contributed by atoms with Gasteiger partial charge in [0.05, 0.1) is 9.89 Å². The molecule has 0 radical (unpaired) electrons. The van der Waals surface area contributed by atoms with Gasteiger partial charge in [0.2, 0.25) is 0 Å². The zero-order valence-electron chi connectivity index (χ0n) is 15.0. The maximum absolute atomic E-state index is 6.61. The van der Waals surface area contributed by atoms with E-state index < -0.39 is 0 Å². The van der Waals surface area contributed by atoms with Crippen LogP contribution in [0.5, 0.6) is 0 Å². The van der Waals surface area contributed by atoms with Gasteiger partial charge >= 0.3 is 0 Å². The van der Waals surface area contributed by atoms with E-state index in [4.69, 9.17) is 23.8 Å². The van der Waals surface area contributed by atoms with Crippen molar-refractivity contribution in [2.24, 2.45) is 0 Å². The Labute approximate surface area is 173 Å². The summed E-state index contributed by atoms with van der Waals surface area (Å²) in [4.78, 5) is 1.92. The Balaban J connectivity index is 1.67. The Kier molecular flexibility index (Phi) is 5.00.